The maximum absolute atomic E-state index is 13.0. The van der Waals surface area contributed by atoms with Gasteiger partial charge in [-0.1, -0.05) is 84.9 Å². The lowest BCUT2D eigenvalue weighted by molar-refractivity contribution is -0.142. The van der Waals surface area contributed by atoms with Crippen molar-refractivity contribution in [2.24, 2.45) is 0 Å². The average molecular weight is 570 g/mol. The second-order valence-corrected chi connectivity index (χ2v) is 9.69. The van der Waals surface area contributed by atoms with Gasteiger partial charge in [-0.15, -0.1) is 0 Å². The zero-order valence-corrected chi connectivity index (χ0v) is 23.4. The molecule has 1 heterocycles. The van der Waals surface area contributed by atoms with E-state index in [4.69, 9.17) is 28.4 Å². The highest BCUT2D eigenvalue weighted by atomic mass is 16.6. The molecule has 1 aliphatic rings. The molecule has 4 aromatic rings. The van der Waals surface area contributed by atoms with Gasteiger partial charge in [-0.05, 0) is 35.4 Å². The highest BCUT2D eigenvalue weighted by Crippen LogP contribution is 2.34. The summed E-state index contributed by atoms with van der Waals surface area (Å²) in [7, 11) is 0. The lowest BCUT2D eigenvalue weighted by Gasteiger charge is -2.34. The Kier molecular flexibility index (Phi) is 10.3. The van der Waals surface area contributed by atoms with E-state index in [1.807, 2.05) is 109 Å². The molecule has 1 N–H and O–H groups in total. The van der Waals surface area contributed by atoms with E-state index in [1.165, 1.54) is 0 Å². The molecule has 0 atom stereocenters. The summed E-state index contributed by atoms with van der Waals surface area (Å²) >= 11 is 0. The first-order valence-corrected chi connectivity index (χ1v) is 14.0. The summed E-state index contributed by atoms with van der Waals surface area (Å²) in [6.45, 7) is 1.77. The van der Waals surface area contributed by atoms with Gasteiger partial charge in [0.1, 0.15) is 33.0 Å². The van der Waals surface area contributed by atoms with Crippen molar-refractivity contribution in [1.29, 1.82) is 0 Å². The maximum Gasteiger partial charge on any atom is 0.246 e. The number of ether oxygens (including phenoxy) is 6. The van der Waals surface area contributed by atoms with E-state index in [1.54, 1.807) is 0 Å². The number of carbonyl (C=O) groups excluding carboxylic acids is 1. The minimum Gasteiger partial charge on any atom is -0.487 e. The molecule has 4 aromatic carbocycles. The van der Waals surface area contributed by atoms with E-state index >= 15 is 0 Å². The van der Waals surface area contributed by atoms with Gasteiger partial charge in [-0.3, -0.25) is 4.79 Å². The number of hydrogen-bond donors (Lipinski definition) is 1. The van der Waals surface area contributed by atoms with Gasteiger partial charge < -0.3 is 33.7 Å². The molecule has 0 unspecified atom stereocenters. The van der Waals surface area contributed by atoms with Gasteiger partial charge in [0.2, 0.25) is 5.91 Å². The number of nitrogens with one attached hydrogen (secondary N) is 1. The second-order valence-electron chi connectivity index (χ2n) is 9.69. The summed E-state index contributed by atoms with van der Waals surface area (Å²) in [6.07, 6.45) is 0. The van der Waals surface area contributed by atoms with Crippen molar-refractivity contribution in [2.45, 2.75) is 12.1 Å². The minimum absolute atomic E-state index is 0.0445. The fourth-order valence-corrected chi connectivity index (χ4v) is 4.46. The highest BCUT2D eigenvalue weighted by Gasteiger charge is 2.37. The summed E-state index contributed by atoms with van der Waals surface area (Å²) in [5, 5.41) is 2.94. The van der Waals surface area contributed by atoms with Gasteiger partial charge in [0.15, 0.2) is 28.6 Å². The molecule has 0 saturated heterocycles. The fraction of sp³-hybridized carbons (Fsp3) is 0.265. The molecule has 8 nitrogen and oxygen atoms in total. The van der Waals surface area contributed by atoms with Gasteiger partial charge in [0.05, 0.1) is 13.2 Å². The summed E-state index contributed by atoms with van der Waals surface area (Å²) in [5.41, 5.74) is 0.636. The molecule has 218 valence electrons. The van der Waals surface area contributed by atoms with E-state index in [9.17, 15) is 4.79 Å². The van der Waals surface area contributed by atoms with Crippen LogP contribution in [-0.4, -0.2) is 52.2 Å². The van der Waals surface area contributed by atoms with Crippen LogP contribution in [0.2, 0.25) is 0 Å². The number of para-hydroxylation sites is 4. The summed E-state index contributed by atoms with van der Waals surface area (Å²) in [4.78, 5) is 13.0. The molecule has 0 saturated carbocycles. The molecule has 0 aromatic heterocycles. The van der Waals surface area contributed by atoms with Crippen LogP contribution < -0.4 is 24.3 Å². The van der Waals surface area contributed by atoms with E-state index in [0.29, 0.717) is 56.0 Å². The van der Waals surface area contributed by atoms with Crippen LogP contribution in [0.3, 0.4) is 0 Å². The standard InChI is InChI=1S/C34H35NO7/c36-33(35-23-27-11-3-1-4-12-27)24-42-34(28-13-5-2-6-14-28)25-40-31-17-9-7-15-29(31)38-21-19-37-20-22-39-30-16-8-10-18-32(30)41-26-34/h1-18H,19-26H2,(H,35,36). The molecule has 1 aliphatic heterocycles. The third kappa shape index (κ3) is 8.02. The van der Waals surface area contributed by atoms with Crippen LogP contribution in [0.25, 0.3) is 0 Å². The van der Waals surface area contributed by atoms with E-state index in [2.05, 4.69) is 5.32 Å². The van der Waals surface area contributed by atoms with E-state index < -0.39 is 5.60 Å². The topological polar surface area (TPSA) is 84.5 Å². The predicted molar refractivity (Wildman–Crippen MR) is 158 cm³/mol. The van der Waals surface area contributed by atoms with Crippen molar-refractivity contribution in [3.8, 4) is 23.0 Å². The third-order valence-corrected chi connectivity index (χ3v) is 6.70. The first-order chi connectivity index (χ1) is 20.7. The normalized spacial score (nSPS) is 15.3. The van der Waals surface area contributed by atoms with Gasteiger partial charge in [0, 0.05) is 6.54 Å². The van der Waals surface area contributed by atoms with Crippen LogP contribution in [0.4, 0.5) is 0 Å². The van der Waals surface area contributed by atoms with Gasteiger partial charge >= 0.3 is 0 Å². The number of amides is 1. The van der Waals surface area contributed by atoms with Crippen LogP contribution in [0, 0.1) is 0 Å². The second kappa shape index (κ2) is 14.9. The SMILES string of the molecule is O=C(COC1(c2ccccc2)COc2ccccc2OCCOCCOc2ccccc2OC1)NCc1ccccc1. The minimum atomic E-state index is -1.16. The molecule has 8 heteroatoms. The number of hydrogen-bond acceptors (Lipinski definition) is 7. The first-order valence-electron chi connectivity index (χ1n) is 14.0. The number of fused-ring (bicyclic) bond motifs is 2. The molecule has 42 heavy (non-hydrogen) atoms. The molecular formula is C34H35NO7. The van der Waals surface area contributed by atoms with Crippen molar-refractivity contribution in [3.05, 3.63) is 120 Å². The van der Waals surface area contributed by atoms with Crippen LogP contribution >= 0.6 is 0 Å². The lowest BCUT2D eigenvalue weighted by Crippen LogP contribution is -2.44. The largest absolute Gasteiger partial charge is 0.487 e. The predicted octanol–water partition coefficient (Wildman–Crippen LogP) is 5.16. The number of rotatable bonds is 6. The van der Waals surface area contributed by atoms with E-state index in [-0.39, 0.29) is 25.7 Å². The Morgan fingerprint density at radius 3 is 1.64 bits per heavy atom. The summed E-state index contributed by atoms with van der Waals surface area (Å²) in [5.74, 6) is 2.00. The Hall–Kier alpha value is -4.53. The monoisotopic (exact) mass is 569 g/mol. The Balaban J connectivity index is 1.43. The third-order valence-electron chi connectivity index (χ3n) is 6.70. The van der Waals surface area contributed by atoms with Crippen molar-refractivity contribution >= 4 is 5.91 Å². The smallest absolute Gasteiger partial charge is 0.246 e. The Morgan fingerprint density at radius 1 is 0.619 bits per heavy atom. The fourth-order valence-electron chi connectivity index (χ4n) is 4.46. The van der Waals surface area contributed by atoms with E-state index in [0.717, 1.165) is 11.1 Å². The molecule has 5 rings (SSSR count). The Labute approximate surface area is 246 Å². The van der Waals surface area contributed by atoms with Crippen LogP contribution in [0.1, 0.15) is 11.1 Å². The molecule has 1 amide bonds. The van der Waals surface area contributed by atoms with Crippen LogP contribution in [0.15, 0.2) is 109 Å². The zero-order valence-electron chi connectivity index (χ0n) is 23.4. The lowest BCUT2D eigenvalue weighted by atomic mass is 9.95. The zero-order chi connectivity index (χ0) is 28.9. The van der Waals surface area contributed by atoms with Crippen LogP contribution in [0.5, 0.6) is 23.0 Å². The summed E-state index contributed by atoms with van der Waals surface area (Å²) in [6, 6.07) is 34.3. The van der Waals surface area contributed by atoms with Gasteiger partial charge in [-0.25, -0.2) is 0 Å². The van der Waals surface area contributed by atoms with Crippen molar-refractivity contribution in [2.75, 3.05) is 46.2 Å². The van der Waals surface area contributed by atoms with Crippen molar-refractivity contribution < 1.29 is 33.2 Å². The number of carbonyl (C=O) groups is 1. The van der Waals surface area contributed by atoms with Gasteiger partial charge in [-0.2, -0.15) is 0 Å². The van der Waals surface area contributed by atoms with Crippen molar-refractivity contribution in [1.82, 2.24) is 5.32 Å². The molecule has 0 bridgehead atoms. The number of benzene rings is 4. The molecule has 0 radical (unpaired) electrons. The average Bonchev–Trinajstić information content (AvgIpc) is 3.04. The molecule has 0 aliphatic carbocycles. The highest BCUT2D eigenvalue weighted by molar-refractivity contribution is 5.77. The molecule has 0 spiro atoms. The molecular weight excluding hydrogens is 534 g/mol. The van der Waals surface area contributed by atoms with Crippen molar-refractivity contribution in [3.63, 3.8) is 0 Å². The Bertz CT molecular complexity index is 1340. The van der Waals surface area contributed by atoms with Gasteiger partial charge in [0.25, 0.3) is 0 Å². The Morgan fingerprint density at radius 2 is 1.10 bits per heavy atom. The first kappa shape index (κ1) is 29.0. The molecule has 0 fully saturated rings. The maximum atomic E-state index is 13.0. The van der Waals surface area contributed by atoms with Crippen LogP contribution in [-0.2, 0) is 26.4 Å². The summed E-state index contributed by atoms with van der Waals surface area (Å²) < 4.78 is 36.8. The quantitative estimate of drug-likeness (QED) is 0.343.